The molecule has 0 N–H and O–H groups in total. The van der Waals surface area contributed by atoms with Gasteiger partial charge in [0.05, 0.1) is 39.8 Å². The van der Waals surface area contributed by atoms with E-state index in [1.165, 1.54) is 10.6 Å². The van der Waals surface area contributed by atoms with Crippen molar-refractivity contribution in [2.45, 2.75) is 0 Å². The predicted octanol–water partition coefficient (Wildman–Crippen LogP) is 11.1. The molecule has 56 heavy (non-hydrogen) atoms. The maximum Gasteiger partial charge on any atom is 1.00 e. The summed E-state index contributed by atoms with van der Waals surface area (Å²) in [4.78, 5) is 0. The minimum atomic E-state index is -0.701. The van der Waals surface area contributed by atoms with E-state index in [2.05, 4.69) is 146 Å². The van der Waals surface area contributed by atoms with Crippen molar-refractivity contribution in [3.8, 4) is 11.8 Å². The zero-order valence-corrected chi connectivity index (χ0v) is 37.4. The van der Waals surface area contributed by atoms with Crippen LogP contribution < -0.4 is 21.2 Å². The van der Waals surface area contributed by atoms with E-state index in [9.17, 15) is 0 Å². The smallest absolute Gasteiger partial charge is 0.366 e. The van der Waals surface area contributed by atoms with E-state index in [1.807, 2.05) is 72.8 Å². The molecule has 2 unspecified atom stereocenters. The Balaban J connectivity index is 0.000000161. The Hall–Kier alpha value is -4.52. The van der Waals surface area contributed by atoms with E-state index in [-0.39, 0.29) is 44.8 Å². The van der Waals surface area contributed by atoms with Crippen LogP contribution in [-0.2, 0) is 44.8 Å². The fourth-order valence-electron chi connectivity index (χ4n) is 7.12. The summed E-state index contributed by atoms with van der Waals surface area (Å²) in [7, 11) is -1.40. The summed E-state index contributed by atoms with van der Waals surface area (Å²) in [6.07, 6.45) is 14.9. The average molecular weight is 1120 g/mol. The molecule has 9 rings (SSSR count). The molecule has 0 radical (unpaired) electrons. The number of benzene rings is 9. The van der Waals surface area contributed by atoms with Crippen molar-refractivity contribution < 1.29 is 44.8 Å². The predicted molar refractivity (Wildman–Crippen MR) is 242 cm³/mol. The van der Waals surface area contributed by atoms with Crippen LogP contribution in [0.2, 0.25) is 0 Å². The SMILES string of the molecule is C[PH+](c1ccccc1)c1ccccc1[PH+](C)c1ccccc1.[Au+].[Au+].[C-]#Cc1c2ccccc2cc2ccccc12.[C-]#Cc1c2ccccc2cc2ccccc12. The Morgan fingerprint density at radius 2 is 0.589 bits per heavy atom. The summed E-state index contributed by atoms with van der Waals surface area (Å²) in [5, 5.41) is 15.1. The van der Waals surface area contributed by atoms with Gasteiger partial charge in [0.2, 0.25) is 0 Å². The fourth-order valence-corrected chi connectivity index (χ4v) is 11.9. The molecule has 0 fully saturated rings. The van der Waals surface area contributed by atoms with Crippen LogP contribution >= 0.6 is 15.8 Å². The zero-order valence-electron chi connectivity index (χ0n) is 31.1. The topological polar surface area (TPSA) is 0 Å². The maximum atomic E-state index is 7.46. The summed E-state index contributed by atoms with van der Waals surface area (Å²) in [5.74, 6) is 5.13. The van der Waals surface area contributed by atoms with E-state index >= 15 is 0 Å². The molecule has 0 nitrogen and oxygen atoms in total. The van der Waals surface area contributed by atoms with Gasteiger partial charge in [-0.1, -0.05) is 167 Å². The third kappa shape index (κ3) is 9.53. The molecule has 4 heteroatoms. The molecule has 0 aromatic heterocycles. The first-order valence-corrected chi connectivity index (χ1v) is 22.1. The molecule has 9 aromatic rings. The second-order valence-corrected chi connectivity index (χ2v) is 17.9. The van der Waals surface area contributed by atoms with Gasteiger partial charge in [0.25, 0.3) is 0 Å². The van der Waals surface area contributed by atoms with Gasteiger partial charge in [0.1, 0.15) is 10.6 Å². The number of hydrogen-bond donors (Lipinski definition) is 0. The maximum absolute atomic E-state index is 7.46. The van der Waals surface area contributed by atoms with Crippen molar-refractivity contribution in [1.29, 1.82) is 0 Å². The Bertz CT molecular complexity index is 2480. The minimum absolute atomic E-state index is 0. The third-order valence-electron chi connectivity index (χ3n) is 9.94. The van der Waals surface area contributed by atoms with Crippen LogP contribution in [0.1, 0.15) is 11.1 Å². The molecule has 0 amide bonds. The van der Waals surface area contributed by atoms with Crippen molar-refractivity contribution in [3.05, 3.63) is 218 Å². The standard InChI is InChI=1S/C20H20P2.2C16H9.2Au/c1-21(17-11-5-3-6-12-17)19-15-9-10-16-20(19)22(2)18-13-7-4-8-14-18;2*1-2-14-15-9-5-3-7-12(15)11-13-8-4-6-10-16(13)14;;/h3-16H,1-2H3;2*3-11H;;/q;2*-1;2*+1/p+2. The molecule has 0 spiro atoms. The Morgan fingerprint density at radius 3 is 0.875 bits per heavy atom. The van der Waals surface area contributed by atoms with Crippen LogP contribution in [-0.4, -0.2) is 13.3 Å². The first kappa shape index (κ1) is 42.6. The molecule has 0 saturated heterocycles. The van der Waals surface area contributed by atoms with Crippen LogP contribution in [0.5, 0.6) is 0 Å². The van der Waals surface area contributed by atoms with E-state index < -0.39 is 15.8 Å². The zero-order chi connectivity index (χ0) is 37.3. The van der Waals surface area contributed by atoms with Gasteiger partial charge in [-0.3, -0.25) is 11.8 Å². The molecular weight excluding hydrogens is 1080 g/mol. The average Bonchev–Trinajstić information content (AvgIpc) is 3.25. The van der Waals surface area contributed by atoms with Crippen molar-refractivity contribution in [2.24, 2.45) is 0 Å². The molecule has 0 bridgehead atoms. The van der Waals surface area contributed by atoms with Crippen LogP contribution in [0, 0.1) is 24.7 Å². The van der Waals surface area contributed by atoms with E-state index in [4.69, 9.17) is 12.8 Å². The number of hydrogen-bond acceptors (Lipinski definition) is 0. The number of rotatable bonds is 4. The molecule has 0 saturated carbocycles. The van der Waals surface area contributed by atoms with Gasteiger partial charge >= 0.3 is 44.8 Å². The summed E-state index contributed by atoms with van der Waals surface area (Å²) in [6.45, 7) is 4.83. The Morgan fingerprint density at radius 1 is 0.339 bits per heavy atom. The van der Waals surface area contributed by atoms with Crippen LogP contribution in [0.15, 0.2) is 194 Å². The van der Waals surface area contributed by atoms with Gasteiger partial charge < -0.3 is 12.8 Å². The van der Waals surface area contributed by atoms with Crippen molar-refractivity contribution in [1.82, 2.24) is 0 Å². The largest absolute Gasteiger partial charge is 1.00 e. The molecule has 9 aromatic carbocycles. The van der Waals surface area contributed by atoms with Crippen molar-refractivity contribution in [3.63, 3.8) is 0 Å². The molecular formula is C52H40Au2P2+2. The second-order valence-electron chi connectivity index (χ2n) is 13.2. The second kappa shape index (κ2) is 20.6. The van der Waals surface area contributed by atoms with Crippen molar-refractivity contribution >= 4 is 80.2 Å². The fraction of sp³-hybridized carbons (Fsp3) is 0.0385. The van der Waals surface area contributed by atoms with Crippen LogP contribution in [0.3, 0.4) is 0 Å². The first-order valence-electron chi connectivity index (χ1n) is 18.1. The first-order chi connectivity index (χ1) is 26.6. The van der Waals surface area contributed by atoms with Gasteiger partial charge in [0.15, 0.2) is 0 Å². The van der Waals surface area contributed by atoms with Gasteiger partial charge in [-0.25, -0.2) is 0 Å². The quantitative estimate of drug-likeness (QED) is 0.0542. The minimum Gasteiger partial charge on any atom is -0.366 e. The Labute approximate surface area is 365 Å². The van der Waals surface area contributed by atoms with E-state index in [1.54, 1.807) is 10.6 Å². The van der Waals surface area contributed by atoms with Gasteiger partial charge in [-0.05, 0) is 70.1 Å². The van der Waals surface area contributed by atoms with Crippen LogP contribution in [0.25, 0.3) is 43.1 Å². The summed E-state index contributed by atoms with van der Waals surface area (Å²) < 4.78 is 0. The van der Waals surface area contributed by atoms with Gasteiger partial charge in [-0.15, -0.1) is 11.1 Å². The molecule has 0 aliphatic rings. The van der Waals surface area contributed by atoms with Gasteiger partial charge in [0, 0.05) is 0 Å². The van der Waals surface area contributed by atoms with E-state index in [0.29, 0.717) is 0 Å². The normalized spacial score (nSPS) is 11.3. The molecule has 278 valence electrons. The van der Waals surface area contributed by atoms with Crippen molar-refractivity contribution in [2.75, 3.05) is 13.3 Å². The molecule has 0 aliphatic heterocycles. The summed E-state index contributed by atoms with van der Waals surface area (Å²) >= 11 is 0. The third-order valence-corrected chi connectivity index (χ3v) is 15.1. The van der Waals surface area contributed by atoms with Gasteiger partial charge in [-0.2, -0.15) is 0 Å². The van der Waals surface area contributed by atoms with E-state index in [0.717, 1.165) is 54.2 Å². The van der Waals surface area contributed by atoms with Crippen LogP contribution in [0.4, 0.5) is 0 Å². The number of fused-ring (bicyclic) bond motifs is 4. The summed E-state index contributed by atoms with van der Waals surface area (Å²) in [5.41, 5.74) is 1.77. The molecule has 2 atom stereocenters. The molecule has 0 aliphatic carbocycles. The molecule has 0 heterocycles. The summed E-state index contributed by atoms with van der Waals surface area (Å²) in [6, 6.07) is 67.8. The Kier molecular flexibility index (Phi) is 15.7. The monoisotopic (exact) mass is 1120 g/mol.